The van der Waals surface area contributed by atoms with Crippen molar-refractivity contribution in [2.75, 3.05) is 0 Å². The molecule has 0 fully saturated rings. The highest BCUT2D eigenvalue weighted by Crippen LogP contribution is 2.14. The average molecular weight is 298 g/mol. The Balaban J connectivity index is 1.85. The summed E-state index contributed by atoms with van der Waals surface area (Å²) in [6.07, 6.45) is 4.61. The second kappa shape index (κ2) is 9.00. The summed E-state index contributed by atoms with van der Waals surface area (Å²) in [6.45, 7) is 2.47. The Hall–Kier alpha value is -2.13. The van der Waals surface area contributed by atoms with E-state index in [0.717, 1.165) is 18.4 Å². The minimum Gasteiger partial charge on any atom is -0.292 e. The number of hydrogen-bond donors (Lipinski definition) is 0. The summed E-state index contributed by atoms with van der Waals surface area (Å²) in [5.74, 6) is -0.468. The molecule has 0 atom stereocenters. The van der Waals surface area contributed by atoms with Crippen LogP contribution in [0.25, 0.3) is 0 Å². The van der Waals surface area contributed by atoms with Gasteiger partial charge in [0.15, 0.2) is 0 Å². The van der Waals surface area contributed by atoms with Crippen LogP contribution in [-0.4, -0.2) is 5.97 Å². The standard InChI is InChI=1S/C19H22O3/c1-2-3-5-10-16-11-8-9-14-18(16)15-21-22-19(20)17-12-6-4-7-13-17/h4,6-9,11-14H,2-3,5,10,15H2,1H3. The van der Waals surface area contributed by atoms with Crippen LogP contribution < -0.4 is 0 Å². The molecule has 0 N–H and O–H groups in total. The molecule has 0 radical (unpaired) electrons. The zero-order valence-electron chi connectivity index (χ0n) is 13.0. The summed E-state index contributed by atoms with van der Waals surface area (Å²) in [6, 6.07) is 16.9. The summed E-state index contributed by atoms with van der Waals surface area (Å²) in [7, 11) is 0. The van der Waals surface area contributed by atoms with Crippen LogP contribution in [0.15, 0.2) is 54.6 Å². The van der Waals surface area contributed by atoms with Crippen molar-refractivity contribution in [2.24, 2.45) is 0 Å². The maximum atomic E-state index is 11.8. The minimum atomic E-state index is -0.468. The number of unbranched alkanes of at least 4 members (excludes halogenated alkanes) is 2. The largest absolute Gasteiger partial charge is 0.373 e. The zero-order valence-corrected chi connectivity index (χ0v) is 13.0. The normalized spacial score (nSPS) is 10.4. The van der Waals surface area contributed by atoms with Crippen molar-refractivity contribution in [3.63, 3.8) is 0 Å². The van der Waals surface area contributed by atoms with Gasteiger partial charge in [-0.2, -0.15) is 4.89 Å². The van der Waals surface area contributed by atoms with Crippen LogP contribution in [0.5, 0.6) is 0 Å². The van der Waals surface area contributed by atoms with Crippen molar-refractivity contribution in [2.45, 2.75) is 39.2 Å². The second-order valence-electron chi connectivity index (χ2n) is 5.22. The van der Waals surface area contributed by atoms with E-state index in [2.05, 4.69) is 13.0 Å². The molecular formula is C19H22O3. The second-order valence-corrected chi connectivity index (χ2v) is 5.22. The highest BCUT2D eigenvalue weighted by Gasteiger charge is 2.08. The highest BCUT2D eigenvalue weighted by molar-refractivity contribution is 5.88. The molecule has 2 rings (SSSR count). The third kappa shape index (κ3) is 5.01. The van der Waals surface area contributed by atoms with Gasteiger partial charge in [0.2, 0.25) is 0 Å². The molecular weight excluding hydrogens is 276 g/mol. The first-order valence-corrected chi connectivity index (χ1v) is 7.77. The van der Waals surface area contributed by atoms with Gasteiger partial charge in [0.1, 0.15) is 6.61 Å². The SMILES string of the molecule is CCCCCc1ccccc1COOC(=O)c1ccccc1. The lowest BCUT2D eigenvalue weighted by Gasteiger charge is -2.09. The summed E-state index contributed by atoms with van der Waals surface area (Å²) < 4.78 is 0. The fraction of sp³-hybridized carbons (Fsp3) is 0.316. The minimum absolute atomic E-state index is 0.279. The Morgan fingerprint density at radius 3 is 2.32 bits per heavy atom. The molecule has 3 heteroatoms. The predicted molar refractivity (Wildman–Crippen MR) is 86.3 cm³/mol. The number of hydrogen-bond acceptors (Lipinski definition) is 3. The fourth-order valence-corrected chi connectivity index (χ4v) is 2.28. The van der Waals surface area contributed by atoms with Gasteiger partial charge in [0.05, 0.1) is 5.56 Å². The van der Waals surface area contributed by atoms with Gasteiger partial charge in [0, 0.05) is 0 Å². The number of carbonyl (C=O) groups is 1. The van der Waals surface area contributed by atoms with Crippen LogP contribution in [0.2, 0.25) is 0 Å². The van der Waals surface area contributed by atoms with E-state index in [1.807, 2.05) is 24.3 Å². The Morgan fingerprint density at radius 2 is 1.59 bits per heavy atom. The van der Waals surface area contributed by atoms with E-state index >= 15 is 0 Å². The van der Waals surface area contributed by atoms with Gasteiger partial charge >= 0.3 is 5.97 Å². The van der Waals surface area contributed by atoms with E-state index in [1.54, 1.807) is 24.3 Å². The molecule has 0 saturated carbocycles. The smallest absolute Gasteiger partial charge is 0.292 e. The van der Waals surface area contributed by atoms with Crippen molar-refractivity contribution in [1.29, 1.82) is 0 Å². The molecule has 0 bridgehead atoms. The molecule has 2 aromatic carbocycles. The van der Waals surface area contributed by atoms with E-state index in [-0.39, 0.29) is 6.61 Å². The predicted octanol–water partition coefficient (Wildman–Crippen LogP) is 4.71. The van der Waals surface area contributed by atoms with Crippen LogP contribution in [0.4, 0.5) is 0 Å². The number of aryl methyl sites for hydroxylation is 1. The van der Waals surface area contributed by atoms with Crippen molar-refractivity contribution in [3.05, 3.63) is 71.3 Å². The number of rotatable bonds is 8. The van der Waals surface area contributed by atoms with Crippen molar-refractivity contribution in [1.82, 2.24) is 0 Å². The number of carbonyl (C=O) groups excluding carboxylic acids is 1. The van der Waals surface area contributed by atoms with Crippen molar-refractivity contribution < 1.29 is 14.6 Å². The van der Waals surface area contributed by atoms with Crippen molar-refractivity contribution in [3.8, 4) is 0 Å². The van der Waals surface area contributed by atoms with E-state index < -0.39 is 5.97 Å². The highest BCUT2D eigenvalue weighted by atomic mass is 17.2. The van der Waals surface area contributed by atoms with Crippen LogP contribution in [0, 0.1) is 0 Å². The molecule has 0 unspecified atom stereocenters. The molecule has 116 valence electrons. The topological polar surface area (TPSA) is 35.5 Å². The van der Waals surface area contributed by atoms with Gasteiger partial charge in [0.25, 0.3) is 0 Å². The lowest BCUT2D eigenvalue weighted by atomic mass is 10.0. The molecule has 0 aliphatic carbocycles. The van der Waals surface area contributed by atoms with Crippen LogP contribution in [0.1, 0.15) is 47.7 Å². The number of benzene rings is 2. The molecule has 0 aliphatic heterocycles. The lowest BCUT2D eigenvalue weighted by Crippen LogP contribution is -2.07. The van der Waals surface area contributed by atoms with E-state index in [0.29, 0.717) is 5.56 Å². The molecule has 2 aromatic rings. The molecule has 0 saturated heterocycles. The molecule has 3 nitrogen and oxygen atoms in total. The summed E-state index contributed by atoms with van der Waals surface area (Å²) in [5.41, 5.74) is 2.81. The van der Waals surface area contributed by atoms with Gasteiger partial charge < -0.3 is 0 Å². The molecule has 0 heterocycles. The quantitative estimate of drug-likeness (QED) is 0.402. The zero-order chi connectivity index (χ0) is 15.6. The van der Waals surface area contributed by atoms with Crippen LogP contribution in [0.3, 0.4) is 0 Å². The van der Waals surface area contributed by atoms with Crippen LogP contribution in [-0.2, 0) is 22.8 Å². The third-order valence-corrected chi connectivity index (χ3v) is 3.53. The van der Waals surface area contributed by atoms with E-state index in [9.17, 15) is 4.79 Å². The lowest BCUT2D eigenvalue weighted by molar-refractivity contribution is -0.250. The van der Waals surface area contributed by atoms with Gasteiger partial charge in [-0.05, 0) is 36.1 Å². The third-order valence-electron chi connectivity index (χ3n) is 3.53. The molecule has 0 aliphatic rings. The Labute approximate surface area is 131 Å². The van der Waals surface area contributed by atoms with Crippen molar-refractivity contribution >= 4 is 5.97 Å². The van der Waals surface area contributed by atoms with Crippen LogP contribution >= 0.6 is 0 Å². The maximum Gasteiger partial charge on any atom is 0.373 e. The Kier molecular flexibility index (Phi) is 6.65. The van der Waals surface area contributed by atoms with Gasteiger partial charge in [-0.25, -0.2) is 4.79 Å². The Morgan fingerprint density at radius 1 is 0.909 bits per heavy atom. The summed E-state index contributed by atoms with van der Waals surface area (Å²) in [5, 5.41) is 0. The summed E-state index contributed by atoms with van der Waals surface area (Å²) >= 11 is 0. The molecule has 0 amide bonds. The van der Waals surface area contributed by atoms with Gasteiger partial charge in [-0.3, -0.25) is 4.89 Å². The molecule has 22 heavy (non-hydrogen) atoms. The summed E-state index contributed by atoms with van der Waals surface area (Å²) in [4.78, 5) is 21.8. The first-order valence-electron chi connectivity index (χ1n) is 7.77. The van der Waals surface area contributed by atoms with Gasteiger partial charge in [-0.15, -0.1) is 0 Å². The Bertz CT molecular complexity index is 578. The molecule has 0 aromatic heterocycles. The fourth-order valence-electron chi connectivity index (χ4n) is 2.28. The first kappa shape index (κ1) is 16.2. The van der Waals surface area contributed by atoms with E-state index in [4.69, 9.17) is 9.78 Å². The first-order chi connectivity index (χ1) is 10.8. The maximum absolute atomic E-state index is 11.8. The average Bonchev–Trinajstić information content (AvgIpc) is 2.57. The monoisotopic (exact) mass is 298 g/mol. The van der Waals surface area contributed by atoms with Gasteiger partial charge in [-0.1, -0.05) is 62.2 Å². The van der Waals surface area contributed by atoms with E-state index in [1.165, 1.54) is 18.4 Å². The molecule has 0 spiro atoms.